The minimum Gasteiger partial charge on any atom is -0.480 e. The molecule has 6 heteroatoms. The molecule has 0 fully saturated rings. The minimum atomic E-state index is -0.216. The number of nitrogens with zero attached hydrogens (tertiary/aromatic N) is 3. The van der Waals surface area contributed by atoms with Gasteiger partial charge in [0.1, 0.15) is 18.2 Å². The first-order valence-corrected chi connectivity index (χ1v) is 8.84. The largest absolute Gasteiger partial charge is 0.480 e. The van der Waals surface area contributed by atoms with Crippen LogP contribution < -0.4 is 10.3 Å². The molecule has 0 bridgehead atoms. The lowest BCUT2D eigenvalue weighted by Gasteiger charge is -2.09. The first kappa shape index (κ1) is 17.9. The highest BCUT2D eigenvalue weighted by atomic mass is 79.9. The number of aromatic nitrogens is 2. The molecule has 0 aliphatic heterocycles. The van der Waals surface area contributed by atoms with Crippen molar-refractivity contribution in [3.8, 4) is 18.1 Å². The molecule has 1 heterocycles. The topological polar surface area (TPSA) is 56.5 Å². The lowest BCUT2D eigenvalue weighted by molar-refractivity contribution is 0.370. The molecule has 0 atom stereocenters. The molecule has 0 aliphatic carbocycles. The Kier molecular flexibility index (Phi) is 5.49. The number of hydrogen-bond acceptors (Lipinski definition) is 4. The van der Waals surface area contributed by atoms with Gasteiger partial charge in [-0.05, 0) is 30.3 Å². The average molecular weight is 410 g/mol. The van der Waals surface area contributed by atoms with E-state index in [4.69, 9.17) is 11.2 Å². The maximum Gasteiger partial charge on any atom is 0.282 e. The van der Waals surface area contributed by atoms with E-state index in [9.17, 15) is 4.79 Å². The number of fused-ring (bicyclic) bond motifs is 1. The van der Waals surface area contributed by atoms with Crippen LogP contribution in [0.2, 0.25) is 0 Å². The Balaban J connectivity index is 2.09. The Morgan fingerprint density at radius 2 is 2.15 bits per heavy atom. The Bertz CT molecular complexity index is 1080. The second-order valence-electron chi connectivity index (χ2n) is 5.44. The first-order chi connectivity index (χ1) is 12.6. The van der Waals surface area contributed by atoms with Crippen LogP contribution in [0, 0.1) is 12.3 Å². The summed E-state index contributed by atoms with van der Waals surface area (Å²) in [5, 5.41) is 4.87. The molecule has 0 spiro atoms. The number of halogens is 1. The minimum absolute atomic E-state index is 0.163. The summed E-state index contributed by atoms with van der Waals surface area (Å²) in [6.45, 7) is 2.10. The molecule has 1 aromatic heterocycles. The molecule has 0 saturated heterocycles. The molecule has 0 radical (unpaired) electrons. The van der Waals surface area contributed by atoms with Crippen LogP contribution in [0.1, 0.15) is 18.3 Å². The van der Waals surface area contributed by atoms with Gasteiger partial charge in [-0.2, -0.15) is 9.78 Å². The highest BCUT2D eigenvalue weighted by Crippen LogP contribution is 2.17. The van der Waals surface area contributed by atoms with Crippen molar-refractivity contribution in [1.82, 2.24) is 9.66 Å². The number of para-hydroxylation sites is 1. The van der Waals surface area contributed by atoms with Gasteiger partial charge >= 0.3 is 0 Å². The Hall–Kier alpha value is -2.91. The van der Waals surface area contributed by atoms with Crippen LogP contribution in [-0.4, -0.2) is 22.5 Å². The zero-order chi connectivity index (χ0) is 18.5. The summed E-state index contributed by atoms with van der Waals surface area (Å²) in [7, 11) is 0. The molecule has 26 heavy (non-hydrogen) atoms. The molecule has 0 amide bonds. The van der Waals surface area contributed by atoms with Gasteiger partial charge in [0.05, 0.1) is 17.1 Å². The van der Waals surface area contributed by atoms with Gasteiger partial charge in [0.2, 0.25) is 0 Å². The van der Waals surface area contributed by atoms with E-state index in [1.807, 2.05) is 37.3 Å². The first-order valence-electron chi connectivity index (χ1n) is 8.05. The second kappa shape index (κ2) is 7.98. The second-order valence-corrected chi connectivity index (χ2v) is 6.35. The molecule has 130 valence electrons. The fourth-order valence-electron chi connectivity index (χ4n) is 2.50. The summed E-state index contributed by atoms with van der Waals surface area (Å²) in [4.78, 5) is 17.4. The van der Waals surface area contributed by atoms with Crippen LogP contribution in [0.4, 0.5) is 0 Å². The third kappa shape index (κ3) is 3.68. The average Bonchev–Trinajstić information content (AvgIpc) is 2.66. The summed E-state index contributed by atoms with van der Waals surface area (Å²) < 4.78 is 7.65. The monoisotopic (exact) mass is 409 g/mol. The third-order valence-electron chi connectivity index (χ3n) is 3.73. The van der Waals surface area contributed by atoms with Crippen molar-refractivity contribution in [3.63, 3.8) is 0 Å². The van der Waals surface area contributed by atoms with Crippen LogP contribution >= 0.6 is 15.9 Å². The summed E-state index contributed by atoms with van der Waals surface area (Å²) in [6, 6.07) is 12.8. The number of aryl methyl sites for hydroxylation is 1. The van der Waals surface area contributed by atoms with Crippen LogP contribution in [0.3, 0.4) is 0 Å². The van der Waals surface area contributed by atoms with E-state index >= 15 is 0 Å². The van der Waals surface area contributed by atoms with E-state index in [1.54, 1.807) is 18.3 Å². The van der Waals surface area contributed by atoms with E-state index in [0.717, 1.165) is 10.0 Å². The van der Waals surface area contributed by atoms with Gasteiger partial charge in [0.25, 0.3) is 5.56 Å². The van der Waals surface area contributed by atoms with Crippen molar-refractivity contribution in [2.24, 2.45) is 5.10 Å². The van der Waals surface area contributed by atoms with Gasteiger partial charge in [0.15, 0.2) is 0 Å². The molecule has 0 saturated carbocycles. The SMILES string of the molecule is C#CCOc1ccccc1C=Nn1c(CC)nc2ccc(Br)cc2c1=O. The predicted octanol–water partition coefficient (Wildman–Crippen LogP) is 3.62. The molecule has 2 aromatic carbocycles. The van der Waals surface area contributed by atoms with E-state index in [1.165, 1.54) is 4.68 Å². The summed E-state index contributed by atoms with van der Waals surface area (Å²) in [5.41, 5.74) is 1.16. The smallest absolute Gasteiger partial charge is 0.282 e. The number of ether oxygens (including phenoxy) is 1. The number of terminal acetylenes is 1. The highest BCUT2D eigenvalue weighted by Gasteiger charge is 2.10. The van der Waals surface area contributed by atoms with Gasteiger partial charge in [-0.15, -0.1) is 6.42 Å². The quantitative estimate of drug-likeness (QED) is 0.477. The molecular formula is C20H16BrN3O2. The fraction of sp³-hybridized carbons (Fsp3) is 0.150. The van der Waals surface area contributed by atoms with E-state index in [0.29, 0.717) is 28.9 Å². The zero-order valence-corrected chi connectivity index (χ0v) is 15.7. The number of rotatable bonds is 5. The molecule has 3 rings (SSSR count). The molecule has 0 aliphatic rings. The zero-order valence-electron chi connectivity index (χ0n) is 14.1. The summed E-state index contributed by atoms with van der Waals surface area (Å²) in [5.74, 6) is 3.63. The van der Waals surface area contributed by atoms with Crippen molar-refractivity contribution in [1.29, 1.82) is 0 Å². The third-order valence-corrected chi connectivity index (χ3v) is 4.23. The lowest BCUT2D eigenvalue weighted by Crippen LogP contribution is -2.22. The van der Waals surface area contributed by atoms with Crippen molar-refractivity contribution in [2.75, 3.05) is 6.61 Å². The molecule has 0 N–H and O–H groups in total. The van der Waals surface area contributed by atoms with Crippen LogP contribution in [-0.2, 0) is 6.42 Å². The standard InChI is InChI=1S/C20H16BrN3O2/c1-3-11-26-18-8-6-5-7-14(18)13-22-24-19(4-2)23-17-10-9-15(21)12-16(17)20(24)25/h1,5-10,12-13H,4,11H2,2H3. The van der Waals surface area contributed by atoms with Gasteiger partial charge in [-0.3, -0.25) is 4.79 Å². The maximum absolute atomic E-state index is 12.9. The molecule has 3 aromatic rings. The van der Waals surface area contributed by atoms with Crippen molar-refractivity contribution in [3.05, 3.63) is 68.7 Å². The van der Waals surface area contributed by atoms with Crippen LogP contribution in [0.25, 0.3) is 10.9 Å². The Morgan fingerprint density at radius 3 is 2.92 bits per heavy atom. The fourth-order valence-corrected chi connectivity index (χ4v) is 2.86. The van der Waals surface area contributed by atoms with Gasteiger partial charge in [-0.1, -0.05) is 40.9 Å². The lowest BCUT2D eigenvalue weighted by atomic mass is 10.2. The Morgan fingerprint density at radius 1 is 1.35 bits per heavy atom. The highest BCUT2D eigenvalue weighted by molar-refractivity contribution is 9.10. The van der Waals surface area contributed by atoms with E-state index in [-0.39, 0.29) is 12.2 Å². The number of hydrogen-bond donors (Lipinski definition) is 0. The maximum atomic E-state index is 12.9. The summed E-state index contributed by atoms with van der Waals surface area (Å²) >= 11 is 3.39. The normalized spacial score (nSPS) is 11.0. The van der Waals surface area contributed by atoms with Gasteiger partial charge in [0, 0.05) is 16.5 Å². The van der Waals surface area contributed by atoms with Crippen LogP contribution in [0.15, 0.2) is 56.8 Å². The van der Waals surface area contributed by atoms with Crippen molar-refractivity contribution < 1.29 is 4.74 Å². The van der Waals surface area contributed by atoms with Gasteiger partial charge < -0.3 is 4.74 Å². The van der Waals surface area contributed by atoms with Crippen LogP contribution in [0.5, 0.6) is 5.75 Å². The van der Waals surface area contributed by atoms with E-state index in [2.05, 4.69) is 31.9 Å². The van der Waals surface area contributed by atoms with Gasteiger partial charge in [-0.25, -0.2) is 4.98 Å². The van der Waals surface area contributed by atoms with E-state index < -0.39 is 0 Å². The molecular weight excluding hydrogens is 394 g/mol. The Labute approximate surface area is 159 Å². The molecule has 0 unspecified atom stereocenters. The van der Waals surface area contributed by atoms with Crippen molar-refractivity contribution >= 4 is 33.0 Å². The summed E-state index contributed by atoms with van der Waals surface area (Å²) in [6.07, 6.45) is 7.41. The number of benzene rings is 2. The molecule has 5 nitrogen and oxygen atoms in total. The van der Waals surface area contributed by atoms with Crippen molar-refractivity contribution in [2.45, 2.75) is 13.3 Å². The predicted molar refractivity (Wildman–Crippen MR) is 107 cm³/mol.